The molecule has 1 saturated heterocycles. The number of hydrogen-bond acceptors (Lipinski definition) is 3. The van der Waals surface area contributed by atoms with Crippen molar-refractivity contribution in [1.82, 2.24) is 4.90 Å². The second kappa shape index (κ2) is 7.09. The second-order valence-electron chi connectivity index (χ2n) is 5.05. The smallest absolute Gasteiger partial charge is 0.254 e. The molecule has 1 N–H and O–H groups in total. The molecule has 0 atom stereocenters. The van der Waals surface area contributed by atoms with Crippen LogP contribution in [0.25, 0.3) is 0 Å². The molecular weight excluding hydrogens is 322 g/mol. The number of benzene rings is 1. The summed E-state index contributed by atoms with van der Waals surface area (Å²) in [7, 11) is 0. The van der Waals surface area contributed by atoms with Crippen LogP contribution in [0.1, 0.15) is 28.8 Å². The standard InChI is InChI=1S/C15H20BrNO3/c1-11-10-12(18)2-3-14(11)15(19)17-7-4-13(5-8-17)20-9-6-16/h2-3,10,13,18H,4-9H2,1H3. The van der Waals surface area contributed by atoms with Crippen molar-refractivity contribution in [3.05, 3.63) is 29.3 Å². The second-order valence-corrected chi connectivity index (χ2v) is 5.84. The third-order valence-corrected chi connectivity index (χ3v) is 3.92. The lowest BCUT2D eigenvalue weighted by Gasteiger charge is -2.32. The summed E-state index contributed by atoms with van der Waals surface area (Å²) in [6.45, 7) is 4.02. The summed E-state index contributed by atoms with van der Waals surface area (Å²) in [6.07, 6.45) is 2.03. The molecule has 1 heterocycles. The van der Waals surface area contributed by atoms with Crippen molar-refractivity contribution in [2.75, 3.05) is 25.0 Å². The number of carbonyl (C=O) groups excluding carboxylic acids is 1. The van der Waals surface area contributed by atoms with Crippen LogP contribution in [0.3, 0.4) is 0 Å². The van der Waals surface area contributed by atoms with Gasteiger partial charge in [-0.05, 0) is 43.5 Å². The number of amides is 1. The zero-order chi connectivity index (χ0) is 14.5. The van der Waals surface area contributed by atoms with Crippen molar-refractivity contribution in [2.24, 2.45) is 0 Å². The van der Waals surface area contributed by atoms with Crippen LogP contribution < -0.4 is 0 Å². The first kappa shape index (κ1) is 15.3. The number of alkyl halides is 1. The number of ether oxygens (including phenoxy) is 1. The van der Waals surface area contributed by atoms with E-state index in [0.717, 1.165) is 43.4 Å². The van der Waals surface area contributed by atoms with Gasteiger partial charge in [0, 0.05) is 24.0 Å². The highest BCUT2D eigenvalue weighted by atomic mass is 79.9. The minimum absolute atomic E-state index is 0.0430. The summed E-state index contributed by atoms with van der Waals surface area (Å²) >= 11 is 3.35. The van der Waals surface area contributed by atoms with Crippen molar-refractivity contribution in [3.8, 4) is 5.75 Å². The van der Waals surface area contributed by atoms with E-state index >= 15 is 0 Å². The van der Waals surface area contributed by atoms with Gasteiger partial charge in [-0.2, -0.15) is 0 Å². The summed E-state index contributed by atoms with van der Waals surface area (Å²) in [6, 6.07) is 4.88. The van der Waals surface area contributed by atoms with E-state index in [9.17, 15) is 9.90 Å². The average molecular weight is 342 g/mol. The Kier molecular flexibility index (Phi) is 5.43. The Labute approximate surface area is 127 Å². The molecule has 2 rings (SSSR count). The van der Waals surface area contributed by atoms with Crippen LogP contribution in [-0.4, -0.2) is 47.0 Å². The lowest BCUT2D eigenvalue weighted by atomic mass is 10.0. The molecule has 0 radical (unpaired) electrons. The van der Waals surface area contributed by atoms with Crippen LogP contribution >= 0.6 is 15.9 Å². The fourth-order valence-corrected chi connectivity index (χ4v) is 2.68. The average Bonchev–Trinajstić information content (AvgIpc) is 2.45. The van der Waals surface area contributed by atoms with E-state index in [2.05, 4.69) is 15.9 Å². The first-order chi connectivity index (χ1) is 9.61. The first-order valence-electron chi connectivity index (χ1n) is 6.88. The van der Waals surface area contributed by atoms with Gasteiger partial charge in [-0.3, -0.25) is 4.79 Å². The third kappa shape index (κ3) is 3.73. The maximum absolute atomic E-state index is 12.4. The van der Waals surface area contributed by atoms with E-state index in [0.29, 0.717) is 5.56 Å². The molecule has 4 nitrogen and oxygen atoms in total. The van der Waals surface area contributed by atoms with E-state index < -0.39 is 0 Å². The van der Waals surface area contributed by atoms with Gasteiger partial charge in [0.05, 0.1) is 12.7 Å². The molecule has 1 aromatic carbocycles. The van der Waals surface area contributed by atoms with Crippen molar-refractivity contribution in [2.45, 2.75) is 25.9 Å². The highest BCUT2D eigenvalue weighted by Gasteiger charge is 2.24. The van der Waals surface area contributed by atoms with Gasteiger partial charge in [0.1, 0.15) is 5.75 Å². The number of halogens is 1. The molecule has 0 bridgehead atoms. The van der Waals surface area contributed by atoms with E-state index in [1.54, 1.807) is 18.2 Å². The van der Waals surface area contributed by atoms with Crippen molar-refractivity contribution >= 4 is 21.8 Å². The van der Waals surface area contributed by atoms with Gasteiger partial charge >= 0.3 is 0 Å². The maximum Gasteiger partial charge on any atom is 0.254 e. The van der Waals surface area contributed by atoms with E-state index in [4.69, 9.17) is 4.74 Å². The number of carbonyl (C=O) groups is 1. The largest absolute Gasteiger partial charge is 0.508 e. The van der Waals surface area contributed by atoms with Crippen LogP contribution in [0.5, 0.6) is 5.75 Å². The lowest BCUT2D eigenvalue weighted by Crippen LogP contribution is -2.41. The van der Waals surface area contributed by atoms with Gasteiger partial charge < -0.3 is 14.7 Å². The zero-order valence-electron chi connectivity index (χ0n) is 11.6. The van der Waals surface area contributed by atoms with Crippen LogP contribution in [-0.2, 0) is 4.74 Å². The Morgan fingerprint density at radius 1 is 1.45 bits per heavy atom. The third-order valence-electron chi connectivity index (χ3n) is 3.60. The Morgan fingerprint density at radius 2 is 2.15 bits per heavy atom. The highest BCUT2D eigenvalue weighted by Crippen LogP contribution is 2.20. The summed E-state index contributed by atoms with van der Waals surface area (Å²) in [5.74, 6) is 0.238. The molecule has 5 heteroatoms. The van der Waals surface area contributed by atoms with Crippen molar-refractivity contribution < 1.29 is 14.6 Å². The normalized spacial score (nSPS) is 16.4. The monoisotopic (exact) mass is 341 g/mol. The van der Waals surface area contributed by atoms with Gasteiger partial charge in [0.25, 0.3) is 5.91 Å². The Hall–Kier alpha value is -1.07. The van der Waals surface area contributed by atoms with E-state index in [1.807, 2.05) is 11.8 Å². The van der Waals surface area contributed by atoms with Gasteiger partial charge in [0.2, 0.25) is 0 Å². The molecule has 1 aliphatic heterocycles. The molecule has 0 saturated carbocycles. The number of piperidine rings is 1. The van der Waals surface area contributed by atoms with E-state index in [1.165, 1.54) is 0 Å². The van der Waals surface area contributed by atoms with Crippen LogP contribution in [0.15, 0.2) is 18.2 Å². The Morgan fingerprint density at radius 3 is 2.75 bits per heavy atom. The summed E-state index contributed by atoms with van der Waals surface area (Å²) in [4.78, 5) is 14.3. The molecule has 0 aliphatic carbocycles. The quantitative estimate of drug-likeness (QED) is 0.856. The van der Waals surface area contributed by atoms with Gasteiger partial charge in [-0.25, -0.2) is 0 Å². The number of nitrogens with zero attached hydrogens (tertiary/aromatic N) is 1. The minimum atomic E-state index is 0.0430. The molecule has 110 valence electrons. The van der Waals surface area contributed by atoms with Gasteiger partial charge in [-0.15, -0.1) is 0 Å². The molecule has 0 aromatic heterocycles. The van der Waals surface area contributed by atoms with E-state index in [-0.39, 0.29) is 17.8 Å². The Bertz CT molecular complexity index is 470. The zero-order valence-corrected chi connectivity index (χ0v) is 13.2. The molecule has 0 spiro atoms. The molecule has 1 aromatic rings. The summed E-state index contributed by atoms with van der Waals surface area (Å²) < 4.78 is 5.69. The number of phenols is 1. The van der Waals surface area contributed by atoms with Crippen LogP contribution in [0.2, 0.25) is 0 Å². The molecule has 0 unspecified atom stereocenters. The lowest BCUT2D eigenvalue weighted by molar-refractivity contribution is 0.0160. The van der Waals surface area contributed by atoms with Crippen molar-refractivity contribution in [1.29, 1.82) is 0 Å². The summed E-state index contributed by atoms with van der Waals surface area (Å²) in [5, 5.41) is 10.2. The predicted molar refractivity (Wildman–Crippen MR) is 81.5 cm³/mol. The summed E-state index contributed by atoms with van der Waals surface area (Å²) in [5.41, 5.74) is 1.48. The molecule has 1 fully saturated rings. The SMILES string of the molecule is Cc1cc(O)ccc1C(=O)N1CCC(OCCBr)CC1. The maximum atomic E-state index is 12.4. The number of hydrogen-bond donors (Lipinski definition) is 1. The fourth-order valence-electron chi connectivity index (χ4n) is 2.49. The van der Waals surface area contributed by atoms with Crippen molar-refractivity contribution in [3.63, 3.8) is 0 Å². The number of likely N-dealkylation sites (tertiary alicyclic amines) is 1. The number of phenolic OH excluding ortho intramolecular Hbond substituents is 1. The molecule has 1 amide bonds. The molecule has 20 heavy (non-hydrogen) atoms. The fraction of sp³-hybridized carbons (Fsp3) is 0.533. The first-order valence-corrected chi connectivity index (χ1v) is 8.00. The number of rotatable bonds is 4. The molecular formula is C15H20BrNO3. The van der Waals surface area contributed by atoms with Crippen LogP contribution in [0, 0.1) is 6.92 Å². The Balaban J connectivity index is 1.94. The van der Waals surface area contributed by atoms with Gasteiger partial charge in [-0.1, -0.05) is 15.9 Å². The molecule has 1 aliphatic rings. The van der Waals surface area contributed by atoms with Gasteiger partial charge in [0.15, 0.2) is 0 Å². The van der Waals surface area contributed by atoms with Crippen LogP contribution in [0.4, 0.5) is 0 Å². The number of aromatic hydroxyl groups is 1. The minimum Gasteiger partial charge on any atom is -0.508 e. The number of aryl methyl sites for hydroxylation is 1. The highest BCUT2D eigenvalue weighted by molar-refractivity contribution is 9.09. The topological polar surface area (TPSA) is 49.8 Å². The predicted octanol–water partition coefficient (Wildman–Crippen LogP) is 2.72.